The molecule has 0 aliphatic rings. The van der Waals surface area contributed by atoms with E-state index in [1.165, 1.54) is 12.8 Å². The first kappa shape index (κ1) is 12.4. The summed E-state index contributed by atoms with van der Waals surface area (Å²) in [7, 11) is 2.15. The molecule has 0 saturated carbocycles. The van der Waals surface area contributed by atoms with Crippen LogP contribution < -0.4 is 5.73 Å². The highest BCUT2D eigenvalue weighted by Crippen LogP contribution is 2.06. The van der Waals surface area contributed by atoms with E-state index in [9.17, 15) is 0 Å². The van der Waals surface area contributed by atoms with Gasteiger partial charge in [0.1, 0.15) is 0 Å². The van der Waals surface area contributed by atoms with Crippen LogP contribution in [0.5, 0.6) is 0 Å². The molecule has 0 bridgehead atoms. The van der Waals surface area contributed by atoms with Crippen LogP contribution in [0.1, 0.15) is 39.5 Å². The van der Waals surface area contributed by atoms with Crippen molar-refractivity contribution in [1.29, 1.82) is 5.41 Å². The number of amidine groups is 1. The highest BCUT2D eigenvalue weighted by atomic mass is 15.1. The summed E-state index contributed by atoms with van der Waals surface area (Å²) >= 11 is 0. The Balaban J connectivity index is 3.59. The van der Waals surface area contributed by atoms with E-state index >= 15 is 0 Å². The lowest BCUT2D eigenvalue weighted by Crippen LogP contribution is -2.31. The van der Waals surface area contributed by atoms with Gasteiger partial charge >= 0.3 is 0 Å². The van der Waals surface area contributed by atoms with Crippen molar-refractivity contribution in [3.63, 3.8) is 0 Å². The maximum absolute atomic E-state index is 7.09. The van der Waals surface area contributed by atoms with Gasteiger partial charge in [-0.3, -0.25) is 5.41 Å². The van der Waals surface area contributed by atoms with E-state index in [1.807, 2.05) is 0 Å². The Labute approximate surface area is 81.8 Å². The van der Waals surface area contributed by atoms with Crippen molar-refractivity contribution >= 4 is 5.84 Å². The third kappa shape index (κ3) is 5.64. The SMILES string of the molecule is CCC(CC)N(C)CCCC(=N)N. The molecule has 3 heteroatoms. The second-order valence-corrected chi connectivity index (χ2v) is 3.58. The van der Waals surface area contributed by atoms with Crippen molar-refractivity contribution in [3.8, 4) is 0 Å². The molecule has 13 heavy (non-hydrogen) atoms. The molecule has 78 valence electrons. The topological polar surface area (TPSA) is 53.1 Å². The van der Waals surface area contributed by atoms with Crippen LogP contribution in [-0.2, 0) is 0 Å². The minimum atomic E-state index is 0.304. The molecule has 0 fully saturated rings. The van der Waals surface area contributed by atoms with Crippen molar-refractivity contribution in [2.75, 3.05) is 13.6 Å². The van der Waals surface area contributed by atoms with Crippen LogP contribution in [0.15, 0.2) is 0 Å². The predicted molar refractivity (Wildman–Crippen MR) is 58.1 cm³/mol. The smallest absolute Gasteiger partial charge is 0.0905 e. The predicted octanol–water partition coefficient (Wildman–Crippen LogP) is 1.82. The zero-order valence-electron chi connectivity index (χ0n) is 9.14. The number of hydrogen-bond donors (Lipinski definition) is 2. The average Bonchev–Trinajstić information content (AvgIpc) is 2.05. The first-order valence-corrected chi connectivity index (χ1v) is 5.14. The van der Waals surface area contributed by atoms with Crippen LogP contribution in [0, 0.1) is 5.41 Å². The molecule has 0 aromatic rings. The molecule has 0 atom stereocenters. The van der Waals surface area contributed by atoms with Gasteiger partial charge in [0.15, 0.2) is 0 Å². The second-order valence-electron chi connectivity index (χ2n) is 3.58. The van der Waals surface area contributed by atoms with E-state index in [1.54, 1.807) is 0 Å². The molecular weight excluding hydrogens is 162 g/mol. The van der Waals surface area contributed by atoms with Gasteiger partial charge in [-0.1, -0.05) is 13.8 Å². The lowest BCUT2D eigenvalue weighted by Gasteiger charge is -2.25. The molecule has 3 N–H and O–H groups in total. The fourth-order valence-electron chi connectivity index (χ4n) is 1.61. The van der Waals surface area contributed by atoms with E-state index in [-0.39, 0.29) is 0 Å². The van der Waals surface area contributed by atoms with Crippen molar-refractivity contribution < 1.29 is 0 Å². The van der Waals surface area contributed by atoms with Gasteiger partial charge in [-0.15, -0.1) is 0 Å². The molecule has 0 aliphatic heterocycles. The number of nitrogens with two attached hydrogens (primary N) is 1. The Morgan fingerprint density at radius 2 is 1.92 bits per heavy atom. The van der Waals surface area contributed by atoms with Crippen molar-refractivity contribution in [2.45, 2.75) is 45.6 Å². The van der Waals surface area contributed by atoms with Crippen LogP contribution >= 0.6 is 0 Å². The van der Waals surface area contributed by atoms with E-state index in [2.05, 4.69) is 25.8 Å². The van der Waals surface area contributed by atoms with Gasteiger partial charge in [0, 0.05) is 12.5 Å². The monoisotopic (exact) mass is 185 g/mol. The summed E-state index contributed by atoms with van der Waals surface area (Å²) < 4.78 is 0. The number of rotatable bonds is 7. The summed E-state index contributed by atoms with van der Waals surface area (Å²) in [4.78, 5) is 2.36. The number of hydrogen-bond acceptors (Lipinski definition) is 2. The maximum Gasteiger partial charge on any atom is 0.0905 e. The molecule has 0 radical (unpaired) electrons. The maximum atomic E-state index is 7.09. The summed E-state index contributed by atoms with van der Waals surface area (Å²) in [6.45, 7) is 5.48. The quantitative estimate of drug-likeness (QED) is 0.469. The Morgan fingerprint density at radius 1 is 1.38 bits per heavy atom. The summed E-state index contributed by atoms with van der Waals surface area (Å²) in [6.07, 6.45) is 4.13. The third-order valence-corrected chi connectivity index (χ3v) is 2.52. The minimum Gasteiger partial charge on any atom is -0.388 e. The first-order chi connectivity index (χ1) is 6.11. The average molecular weight is 185 g/mol. The molecule has 0 saturated heterocycles. The zero-order valence-corrected chi connectivity index (χ0v) is 9.14. The molecule has 0 aliphatic carbocycles. The Bertz CT molecular complexity index is 141. The molecule has 0 unspecified atom stereocenters. The highest BCUT2D eigenvalue weighted by molar-refractivity contribution is 5.76. The minimum absolute atomic E-state index is 0.304. The first-order valence-electron chi connectivity index (χ1n) is 5.14. The molecule has 0 aromatic heterocycles. The lowest BCUT2D eigenvalue weighted by atomic mass is 10.1. The van der Waals surface area contributed by atoms with Gasteiger partial charge in [-0.05, 0) is 32.9 Å². The van der Waals surface area contributed by atoms with E-state index < -0.39 is 0 Å². The van der Waals surface area contributed by atoms with Crippen molar-refractivity contribution in [3.05, 3.63) is 0 Å². The summed E-state index contributed by atoms with van der Waals surface area (Å²) in [5.74, 6) is 0.304. The summed E-state index contributed by atoms with van der Waals surface area (Å²) in [6, 6.07) is 0.687. The van der Waals surface area contributed by atoms with Gasteiger partial charge in [-0.2, -0.15) is 0 Å². The van der Waals surface area contributed by atoms with Gasteiger partial charge < -0.3 is 10.6 Å². The Kier molecular flexibility index (Phi) is 6.59. The van der Waals surface area contributed by atoms with Crippen LogP contribution in [0.4, 0.5) is 0 Å². The van der Waals surface area contributed by atoms with Gasteiger partial charge in [0.25, 0.3) is 0 Å². The van der Waals surface area contributed by atoms with Gasteiger partial charge in [0.05, 0.1) is 5.84 Å². The highest BCUT2D eigenvalue weighted by Gasteiger charge is 2.09. The molecule has 0 heterocycles. The zero-order chi connectivity index (χ0) is 10.3. The van der Waals surface area contributed by atoms with Gasteiger partial charge in [-0.25, -0.2) is 0 Å². The number of nitrogens with zero attached hydrogens (tertiary/aromatic N) is 1. The lowest BCUT2D eigenvalue weighted by molar-refractivity contribution is 0.228. The summed E-state index contributed by atoms with van der Waals surface area (Å²) in [5.41, 5.74) is 5.28. The molecule has 0 spiro atoms. The molecule has 0 aromatic carbocycles. The van der Waals surface area contributed by atoms with E-state index in [4.69, 9.17) is 11.1 Å². The fourth-order valence-corrected chi connectivity index (χ4v) is 1.61. The molecule has 0 rings (SSSR count). The molecule has 3 nitrogen and oxygen atoms in total. The standard InChI is InChI=1S/C10H23N3/c1-4-9(5-2)13(3)8-6-7-10(11)12/h9H,4-8H2,1-3H3,(H3,11,12). The van der Waals surface area contributed by atoms with Crippen LogP contribution in [0.2, 0.25) is 0 Å². The van der Waals surface area contributed by atoms with E-state index in [0.29, 0.717) is 11.9 Å². The molecule has 0 amide bonds. The van der Waals surface area contributed by atoms with Crippen molar-refractivity contribution in [2.24, 2.45) is 5.73 Å². The van der Waals surface area contributed by atoms with Crippen LogP contribution in [0.25, 0.3) is 0 Å². The third-order valence-electron chi connectivity index (χ3n) is 2.52. The number of nitrogens with one attached hydrogen (secondary N) is 1. The Hall–Kier alpha value is -0.570. The normalized spacial score (nSPS) is 11.2. The fraction of sp³-hybridized carbons (Fsp3) is 0.900. The van der Waals surface area contributed by atoms with Gasteiger partial charge in [0.2, 0.25) is 0 Å². The summed E-state index contributed by atoms with van der Waals surface area (Å²) in [5, 5.41) is 7.09. The van der Waals surface area contributed by atoms with Crippen molar-refractivity contribution in [1.82, 2.24) is 4.90 Å². The van der Waals surface area contributed by atoms with E-state index in [0.717, 1.165) is 19.4 Å². The molecular formula is C10H23N3. The second kappa shape index (κ2) is 6.89. The van der Waals surface area contributed by atoms with Crippen LogP contribution in [0.3, 0.4) is 0 Å². The Morgan fingerprint density at radius 3 is 2.31 bits per heavy atom. The van der Waals surface area contributed by atoms with Crippen LogP contribution in [-0.4, -0.2) is 30.4 Å². The largest absolute Gasteiger partial charge is 0.388 e.